The highest BCUT2D eigenvalue weighted by molar-refractivity contribution is 14.1. The van der Waals surface area contributed by atoms with Gasteiger partial charge in [-0.05, 0) is 82.2 Å². The number of ether oxygens (including phenoxy) is 2. The van der Waals surface area contributed by atoms with Crippen LogP contribution in [0.4, 0.5) is 10.1 Å². The Bertz CT molecular complexity index is 901. The van der Waals surface area contributed by atoms with Crippen LogP contribution in [0.5, 0.6) is 11.5 Å². The third-order valence-corrected chi connectivity index (χ3v) is 5.26. The summed E-state index contributed by atoms with van der Waals surface area (Å²) in [5.41, 5.74) is 3.03. The molecule has 0 spiro atoms. The van der Waals surface area contributed by atoms with Crippen molar-refractivity contribution in [1.29, 1.82) is 0 Å². The number of methoxy groups -OCH3 is 1. The molecule has 3 rings (SSSR count). The number of halogens is 3. The molecule has 0 saturated heterocycles. The molecule has 0 aliphatic rings. The van der Waals surface area contributed by atoms with Gasteiger partial charge in [-0.1, -0.05) is 28.1 Å². The van der Waals surface area contributed by atoms with Crippen molar-refractivity contribution in [2.75, 3.05) is 12.4 Å². The normalized spacial score (nSPS) is 10.5. The predicted molar refractivity (Wildman–Crippen MR) is 118 cm³/mol. The Morgan fingerprint density at radius 2 is 1.70 bits per heavy atom. The van der Waals surface area contributed by atoms with Gasteiger partial charge in [0.2, 0.25) is 0 Å². The van der Waals surface area contributed by atoms with E-state index in [1.807, 2.05) is 30.3 Å². The van der Waals surface area contributed by atoms with Crippen LogP contribution < -0.4 is 14.8 Å². The number of hydrogen-bond donors (Lipinski definition) is 1. The fourth-order valence-corrected chi connectivity index (χ4v) is 3.61. The monoisotopic (exact) mass is 541 g/mol. The average Bonchev–Trinajstić information content (AvgIpc) is 2.67. The predicted octanol–water partition coefficient (Wildman–Crippen LogP) is 6.39. The first-order valence-electron chi connectivity index (χ1n) is 8.28. The van der Waals surface area contributed by atoms with Gasteiger partial charge in [0, 0.05) is 16.7 Å². The lowest BCUT2D eigenvalue weighted by Gasteiger charge is -2.15. The second-order valence-corrected chi connectivity index (χ2v) is 7.96. The molecule has 6 heteroatoms. The fraction of sp³-hybridized carbons (Fsp3) is 0.143. The van der Waals surface area contributed by atoms with Crippen molar-refractivity contribution in [3.05, 3.63) is 85.7 Å². The second-order valence-electron chi connectivity index (χ2n) is 5.88. The van der Waals surface area contributed by atoms with Crippen LogP contribution in [0.3, 0.4) is 0 Å². The molecule has 3 aromatic carbocycles. The summed E-state index contributed by atoms with van der Waals surface area (Å²) in [6.45, 7) is 1.02. The zero-order valence-electron chi connectivity index (χ0n) is 14.6. The number of anilines is 1. The summed E-state index contributed by atoms with van der Waals surface area (Å²) in [7, 11) is 1.63. The molecular formula is C21H18BrFINO2. The minimum absolute atomic E-state index is 0.256. The first-order valence-corrected chi connectivity index (χ1v) is 10.2. The largest absolute Gasteiger partial charge is 0.493 e. The van der Waals surface area contributed by atoms with Crippen molar-refractivity contribution in [3.8, 4) is 11.5 Å². The van der Waals surface area contributed by atoms with Gasteiger partial charge < -0.3 is 14.8 Å². The molecular weight excluding hydrogens is 524 g/mol. The topological polar surface area (TPSA) is 30.5 Å². The zero-order chi connectivity index (χ0) is 19.2. The van der Waals surface area contributed by atoms with E-state index in [9.17, 15) is 4.39 Å². The van der Waals surface area contributed by atoms with Crippen molar-refractivity contribution in [2.45, 2.75) is 13.2 Å². The van der Waals surface area contributed by atoms with Gasteiger partial charge in [0.05, 0.1) is 10.7 Å². The van der Waals surface area contributed by atoms with Gasteiger partial charge in [-0.3, -0.25) is 0 Å². The van der Waals surface area contributed by atoms with E-state index in [4.69, 9.17) is 9.47 Å². The maximum atomic E-state index is 13.0. The van der Waals surface area contributed by atoms with Crippen molar-refractivity contribution in [1.82, 2.24) is 0 Å². The molecule has 1 N–H and O–H groups in total. The summed E-state index contributed by atoms with van der Waals surface area (Å²) in [5, 5.41) is 3.39. The molecule has 0 fully saturated rings. The minimum atomic E-state index is -0.256. The lowest BCUT2D eigenvalue weighted by Crippen LogP contribution is -2.03. The number of hydrogen-bond acceptors (Lipinski definition) is 3. The molecule has 0 radical (unpaired) electrons. The smallest absolute Gasteiger partial charge is 0.174 e. The molecule has 27 heavy (non-hydrogen) atoms. The van der Waals surface area contributed by atoms with E-state index in [1.165, 1.54) is 12.1 Å². The van der Waals surface area contributed by atoms with E-state index in [2.05, 4.69) is 49.9 Å². The first-order chi connectivity index (χ1) is 13.0. The van der Waals surface area contributed by atoms with Crippen LogP contribution in [-0.2, 0) is 13.2 Å². The molecule has 140 valence electrons. The van der Waals surface area contributed by atoms with Gasteiger partial charge in [0.25, 0.3) is 0 Å². The average molecular weight is 542 g/mol. The second kappa shape index (κ2) is 9.41. The Kier molecular flexibility index (Phi) is 6.95. The van der Waals surface area contributed by atoms with Crippen LogP contribution in [0.25, 0.3) is 0 Å². The number of rotatable bonds is 7. The third kappa shape index (κ3) is 5.59. The Morgan fingerprint density at radius 1 is 1.00 bits per heavy atom. The van der Waals surface area contributed by atoms with E-state index in [0.717, 1.165) is 24.9 Å². The highest BCUT2D eigenvalue weighted by Gasteiger charge is 2.12. The molecule has 3 aromatic rings. The third-order valence-electron chi connectivity index (χ3n) is 3.93. The molecule has 0 unspecified atom stereocenters. The van der Waals surface area contributed by atoms with Crippen LogP contribution in [-0.4, -0.2) is 7.11 Å². The van der Waals surface area contributed by atoms with Gasteiger partial charge in [0.1, 0.15) is 12.4 Å². The Labute approximate surface area is 180 Å². The van der Waals surface area contributed by atoms with Gasteiger partial charge in [0.15, 0.2) is 11.5 Å². The quantitative estimate of drug-likeness (QED) is 0.351. The van der Waals surface area contributed by atoms with Gasteiger partial charge in [-0.15, -0.1) is 0 Å². The van der Waals surface area contributed by atoms with Crippen molar-refractivity contribution in [2.24, 2.45) is 0 Å². The fourth-order valence-electron chi connectivity index (χ4n) is 2.52. The van der Waals surface area contributed by atoms with Crippen LogP contribution >= 0.6 is 38.5 Å². The highest BCUT2D eigenvalue weighted by Crippen LogP contribution is 2.34. The van der Waals surface area contributed by atoms with E-state index >= 15 is 0 Å². The van der Waals surface area contributed by atoms with Crippen LogP contribution in [0.1, 0.15) is 11.1 Å². The Balaban J connectivity index is 1.70. The Morgan fingerprint density at radius 3 is 2.37 bits per heavy atom. The summed E-state index contributed by atoms with van der Waals surface area (Å²) in [6, 6.07) is 18.4. The molecule has 0 heterocycles. The lowest BCUT2D eigenvalue weighted by atomic mass is 10.2. The summed E-state index contributed by atoms with van der Waals surface area (Å²) < 4.78 is 26.5. The Hall–Kier alpha value is -1.80. The lowest BCUT2D eigenvalue weighted by molar-refractivity contribution is 0.282. The molecule has 0 amide bonds. The van der Waals surface area contributed by atoms with Crippen LogP contribution in [0.15, 0.2) is 65.1 Å². The summed E-state index contributed by atoms with van der Waals surface area (Å²) in [6.07, 6.45) is 0. The van der Waals surface area contributed by atoms with Gasteiger partial charge >= 0.3 is 0 Å². The van der Waals surface area contributed by atoms with Crippen LogP contribution in [0.2, 0.25) is 0 Å². The van der Waals surface area contributed by atoms with E-state index in [1.54, 1.807) is 19.2 Å². The maximum Gasteiger partial charge on any atom is 0.174 e. The molecule has 0 aliphatic carbocycles. The minimum Gasteiger partial charge on any atom is -0.493 e. The standard InChI is InChI=1S/C21H18BrFINO2/c1-26-20-11-15(12-25-18-8-4-16(22)5-9-18)10-19(24)21(20)27-13-14-2-6-17(23)7-3-14/h2-11,25H,12-13H2,1H3. The molecule has 0 aliphatic heterocycles. The molecule has 0 saturated carbocycles. The molecule has 0 aromatic heterocycles. The molecule has 0 atom stereocenters. The molecule has 0 bridgehead atoms. The number of nitrogens with one attached hydrogen (secondary N) is 1. The van der Waals surface area contributed by atoms with Crippen molar-refractivity contribution in [3.63, 3.8) is 0 Å². The number of benzene rings is 3. The zero-order valence-corrected chi connectivity index (χ0v) is 18.4. The summed E-state index contributed by atoms with van der Waals surface area (Å²) in [5.74, 6) is 1.11. The summed E-state index contributed by atoms with van der Waals surface area (Å²) >= 11 is 5.68. The van der Waals surface area contributed by atoms with E-state index in [-0.39, 0.29) is 5.82 Å². The van der Waals surface area contributed by atoms with Crippen molar-refractivity contribution < 1.29 is 13.9 Å². The highest BCUT2D eigenvalue weighted by atomic mass is 127. The van der Waals surface area contributed by atoms with E-state index in [0.29, 0.717) is 24.7 Å². The molecule has 3 nitrogen and oxygen atoms in total. The van der Waals surface area contributed by atoms with Gasteiger partial charge in [-0.25, -0.2) is 4.39 Å². The van der Waals surface area contributed by atoms with E-state index < -0.39 is 0 Å². The first kappa shape index (κ1) is 19.9. The van der Waals surface area contributed by atoms with Crippen molar-refractivity contribution >= 4 is 44.2 Å². The van der Waals surface area contributed by atoms with Gasteiger partial charge in [-0.2, -0.15) is 0 Å². The maximum absolute atomic E-state index is 13.0. The summed E-state index contributed by atoms with van der Waals surface area (Å²) in [4.78, 5) is 0. The SMILES string of the molecule is COc1cc(CNc2ccc(Br)cc2)cc(I)c1OCc1ccc(F)cc1. The van der Waals surface area contributed by atoms with Crippen LogP contribution in [0, 0.1) is 9.39 Å².